The fourth-order valence-electron chi connectivity index (χ4n) is 2.74. The first-order valence-corrected chi connectivity index (χ1v) is 8.06. The summed E-state index contributed by atoms with van der Waals surface area (Å²) in [7, 11) is 3.37. The predicted octanol–water partition coefficient (Wildman–Crippen LogP) is 0.736. The Kier molecular flexibility index (Phi) is 5.52. The monoisotopic (exact) mass is 320 g/mol. The average Bonchev–Trinajstić information content (AvgIpc) is 3.02. The van der Waals surface area contributed by atoms with Gasteiger partial charge in [-0.05, 0) is 25.3 Å². The average molecular weight is 320 g/mol. The molecule has 0 bridgehead atoms. The number of hydrogen-bond acceptors (Lipinski definition) is 4. The predicted molar refractivity (Wildman–Crippen MR) is 86.2 cm³/mol. The molecule has 1 atom stereocenters. The zero-order valence-electron chi connectivity index (χ0n) is 14.0. The minimum absolute atomic E-state index is 0.0739. The van der Waals surface area contributed by atoms with Crippen molar-refractivity contribution in [2.45, 2.75) is 45.2 Å². The van der Waals surface area contributed by atoms with Crippen LogP contribution in [0.15, 0.2) is 16.9 Å². The summed E-state index contributed by atoms with van der Waals surface area (Å²) in [5.74, 6) is -0.358. The summed E-state index contributed by atoms with van der Waals surface area (Å²) in [6.45, 7) is 3.07. The van der Waals surface area contributed by atoms with Crippen LogP contribution < -0.4 is 5.56 Å². The number of unbranched alkanes of at least 4 members (excludes halogenated alkanes) is 1. The lowest BCUT2D eigenvalue weighted by Gasteiger charge is -2.26. The van der Waals surface area contributed by atoms with Gasteiger partial charge in [0.15, 0.2) is 0 Å². The van der Waals surface area contributed by atoms with Crippen LogP contribution in [0.3, 0.4) is 0 Å². The highest BCUT2D eigenvalue weighted by molar-refractivity contribution is 5.96. The molecule has 0 spiro atoms. The quantitative estimate of drug-likeness (QED) is 0.802. The molecular weight excluding hydrogens is 296 g/mol. The van der Waals surface area contributed by atoms with E-state index in [-0.39, 0.29) is 23.1 Å². The molecule has 7 nitrogen and oxygen atoms in total. The molecule has 126 valence electrons. The van der Waals surface area contributed by atoms with Gasteiger partial charge in [-0.3, -0.25) is 14.4 Å². The summed E-state index contributed by atoms with van der Waals surface area (Å²) in [5.41, 5.74) is 0.0106. The van der Waals surface area contributed by atoms with E-state index in [2.05, 4.69) is 5.10 Å². The summed E-state index contributed by atoms with van der Waals surface area (Å²) in [6.07, 6.45) is 3.23. The second-order valence-corrected chi connectivity index (χ2v) is 6.02. The molecule has 23 heavy (non-hydrogen) atoms. The lowest BCUT2D eigenvalue weighted by atomic mass is 10.2. The van der Waals surface area contributed by atoms with E-state index in [4.69, 9.17) is 0 Å². The summed E-state index contributed by atoms with van der Waals surface area (Å²) in [5, 5.41) is 4.18. The number of likely N-dealkylation sites (N-methyl/N-ethyl adjacent to an activating group) is 1. The third kappa shape index (κ3) is 3.78. The zero-order chi connectivity index (χ0) is 17.0. The molecule has 2 amide bonds. The van der Waals surface area contributed by atoms with Crippen molar-refractivity contribution in [1.29, 1.82) is 0 Å². The number of amides is 2. The molecule has 0 saturated carbocycles. The maximum Gasteiger partial charge on any atom is 0.274 e. The van der Waals surface area contributed by atoms with E-state index in [9.17, 15) is 14.4 Å². The SMILES string of the molecule is CCCCn1nc(C(=O)N2CCCC2C(=O)N(C)C)ccc1=O. The lowest BCUT2D eigenvalue weighted by Crippen LogP contribution is -2.46. The highest BCUT2D eigenvalue weighted by atomic mass is 16.2. The van der Waals surface area contributed by atoms with Gasteiger partial charge in [0, 0.05) is 33.3 Å². The second-order valence-electron chi connectivity index (χ2n) is 6.02. The van der Waals surface area contributed by atoms with Gasteiger partial charge in [-0.1, -0.05) is 13.3 Å². The fourth-order valence-corrected chi connectivity index (χ4v) is 2.74. The first-order valence-electron chi connectivity index (χ1n) is 8.06. The highest BCUT2D eigenvalue weighted by Crippen LogP contribution is 2.20. The van der Waals surface area contributed by atoms with Crippen molar-refractivity contribution in [3.63, 3.8) is 0 Å². The van der Waals surface area contributed by atoms with Crippen molar-refractivity contribution in [1.82, 2.24) is 19.6 Å². The molecule has 7 heteroatoms. The van der Waals surface area contributed by atoms with Gasteiger partial charge in [-0.15, -0.1) is 0 Å². The number of aromatic nitrogens is 2. The van der Waals surface area contributed by atoms with Crippen molar-refractivity contribution in [3.8, 4) is 0 Å². The standard InChI is InChI=1S/C16H24N4O3/c1-4-5-11-20-14(21)9-8-12(17-20)15(22)19-10-6-7-13(19)16(23)18(2)3/h8-9,13H,4-7,10-11H2,1-3H3. The van der Waals surface area contributed by atoms with Crippen LogP contribution in [-0.4, -0.2) is 58.1 Å². The van der Waals surface area contributed by atoms with Gasteiger partial charge >= 0.3 is 0 Å². The van der Waals surface area contributed by atoms with E-state index >= 15 is 0 Å². The van der Waals surface area contributed by atoms with Crippen LogP contribution >= 0.6 is 0 Å². The van der Waals surface area contributed by atoms with Gasteiger partial charge in [0.2, 0.25) is 5.91 Å². The molecular formula is C16H24N4O3. The molecule has 1 aliphatic rings. The number of carbonyl (C=O) groups is 2. The fraction of sp³-hybridized carbons (Fsp3) is 0.625. The normalized spacial score (nSPS) is 17.3. The first-order chi connectivity index (χ1) is 11.0. The molecule has 1 fully saturated rings. The number of hydrogen-bond donors (Lipinski definition) is 0. The van der Waals surface area contributed by atoms with Gasteiger partial charge in [-0.25, -0.2) is 4.68 Å². The van der Waals surface area contributed by atoms with Gasteiger partial charge in [0.25, 0.3) is 11.5 Å². The first kappa shape index (κ1) is 17.2. The van der Waals surface area contributed by atoms with Crippen molar-refractivity contribution < 1.29 is 9.59 Å². The summed E-state index contributed by atoms with van der Waals surface area (Å²) in [6, 6.07) is 2.38. The van der Waals surface area contributed by atoms with E-state index < -0.39 is 6.04 Å². The van der Waals surface area contributed by atoms with Crippen LogP contribution in [0.25, 0.3) is 0 Å². The van der Waals surface area contributed by atoms with E-state index in [1.54, 1.807) is 19.0 Å². The van der Waals surface area contributed by atoms with Crippen LogP contribution in [0.4, 0.5) is 0 Å². The van der Waals surface area contributed by atoms with Gasteiger partial charge < -0.3 is 9.80 Å². The molecule has 1 aromatic rings. The van der Waals surface area contributed by atoms with Crippen LogP contribution in [0, 0.1) is 0 Å². The highest BCUT2D eigenvalue weighted by Gasteiger charge is 2.35. The lowest BCUT2D eigenvalue weighted by molar-refractivity contribution is -0.132. The molecule has 1 unspecified atom stereocenters. The number of likely N-dealkylation sites (tertiary alicyclic amines) is 1. The molecule has 0 N–H and O–H groups in total. The maximum atomic E-state index is 12.7. The van der Waals surface area contributed by atoms with Crippen molar-refractivity contribution in [3.05, 3.63) is 28.2 Å². The third-order valence-electron chi connectivity index (χ3n) is 4.05. The molecule has 1 aromatic heterocycles. The second kappa shape index (κ2) is 7.39. The molecule has 0 aliphatic carbocycles. The Labute approximate surface area is 135 Å². The topological polar surface area (TPSA) is 75.5 Å². The summed E-state index contributed by atoms with van der Waals surface area (Å²) >= 11 is 0. The van der Waals surface area contributed by atoms with Gasteiger partial charge in [-0.2, -0.15) is 5.10 Å². The van der Waals surface area contributed by atoms with E-state index in [1.165, 1.54) is 21.7 Å². The maximum absolute atomic E-state index is 12.7. The molecule has 0 aromatic carbocycles. The molecule has 0 radical (unpaired) electrons. The Bertz CT molecular complexity index is 638. The smallest absolute Gasteiger partial charge is 0.274 e. The number of carbonyl (C=O) groups excluding carboxylic acids is 2. The number of nitrogens with zero attached hydrogens (tertiary/aromatic N) is 4. The van der Waals surface area contributed by atoms with Crippen molar-refractivity contribution >= 4 is 11.8 Å². The van der Waals surface area contributed by atoms with Crippen LogP contribution in [0.2, 0.25) is 0 Å². The zero-order valence-corrected chi connectivity index (χ0v) is 14.0. The van der Waals surface area contributed by atoms with E-state index in [1.807, 2.05) is 6.92 Å². The Hall–Kier alpha value is -2.18. The van der Waals surface area contributed by atoms with E-state index in [0.717, 1.165) is 19.3 Å². The molecule has 1 aliphatic heterocycles. The Morgan fingerprint density at radius 1 is 1.35 bits per heavy atom. The van der Waals surface area contributed by atoms with Crippen LogP contribution in [0.5, 0.6) is 0 Å². The third-order valence-corrected chi connectivity index (χ3v) is 4.05. The Morgan fingerprint density at radius 2 is 2.09 bits per heavy atom. The minimum Gasteiger partial charge on any atom is -0.347 e. The van der Waals surface area contributed by atoms with Gasteiger partial charge in [0.1, 0.15) is 11.7 Å². The summed E-state index contributed by atoms with van der Waals surface area (Å²) < 4.78 is 1.33. The molecule has 1 saturated heterocycles. The van der Waals surface area contributed by atoms with Crippen LogP contribution in [0.1, 0.15) is 43.1 Å². The number of rotatable bonds is 5. The van der Waals surface area contributed by atoms with E-state index in [0.29, 0.717) is 19.5 Å². The molecule has 2 rings (SSSR count). The van der Waals surface area contributed by atoms with Crippen molar-refractivity contribution in [2.75, 3.05) is 20.6 Å². The number of aryl methyl sites for hydroxylation is 1. The Balaban J connectivity index is 2.22. The minimum atomic E-state index is -0.435. The molecule has 2 heterocycles. The Morgan fingerprint density at radius 3 is 2.74 bits per heavy atom. The summed E-state index contributed by atoms with van der Waals surface area (Å²) in [4.78, 5) is 39.8. The van der Waals surface area contributed by atoms with Gasteiger partial charge in [0.05, 0.1) is 0 Å². The van der Waals surface area contributed by atoms with Crippen molar-refractivity contribution in [2.24, 2.45) is 0 Å². The van der Waals surface area contributed by atoms with Crippen LogP contribution in [-0.2, 0) is 11.3 Å². The largest absolute Gasteiger partial charge is 0.347 e.